The van der Waals surface area contributed by atoms with Crippen molar-refractivity contribution in [1.29, 1.82) is 0 Å². The highest BCUT2D eigenvalue weighted by molar-refractivity contribution is 7.91. The average Bonchev–Trinajstić information content (AvgIpc) is 2.47. The van der Waals surface area contributed by atoms with E-state index >= 15 is 0 Å². The third-order valence-corrected chi connectivity index (χ3v) is 5.12. The highest BCUT2D eigenvalue weighted by Crippen LogP contribution is 2.36. The van der Waals surface area contributed by atoms with Gasteiger partial charge in [-0.1, -0.05) is 13.0 Å². The zero-order chi connectivity index (χ0) is 14.4. The number of sulfone groups is 1. The molecule has 1 heterocycles. The van der Waals surface area contributed by atoms with E-state index in [2.05, 4.69) is 4.99 Å². The Hall–Kier alpha value is -1.89. The van der Waals surface area contributed by atoms with Crippen LogP contribution in [-0.4, -0.2) is 26.0 Å². The SMILES string of the molecule is Cc1cc2c(cc1C(=O)N=C(N)N)S(=O)(=O)CC2C. The molecule has 0 saturated carbocycles. The van der Waals surface area contributed by atoms with Gasteiger partial charge in [-0.25, -0.2) is 8.42 Å². The lowest BCUT2D eigenvalue weighted by Crippen LogP contribution is -2.24. The second kappa shape index (κ2) is 4.34. The lowest BCUT2D eigenvalue weighted by atomic mass is 9.98. The lowest BCUT2D eigenvalue weighted by molar-refractivity contribution is 0.100. The molecule has 7 heteroatoms. The topological polar surface area (TPSA) is 116 Å². The monoisotopic (exact) mass is 281 g/mol. The van der Waals surface area contributed by atoms with Crippen LogP contribution in [0.15, 0.2) is 22.0 Å². The van der Waals surface area contributed by atoms with E-state index in [1.807, 2.05) is 6.92 Å². The van der Waals surface area contributed by atoms with Crippen molar-refractivity contribution in [2.45, 2.75) is 24.7 Å². The molecule has 0 aromatic heterocycles. The summed E-state index contributed by atoms with van der Waals surface area (Å²) in [4.78, 5) is 15.5. The molecular formula is C12H15N3O3S. The Morgan fingerprint density at radius 3 is 2.58 bits per heavy atom. The fourth-order valence-electron chi connectivity index (χ4n) is 2.28. The molecule has 19 heavy (non-hydrogen) atoms. The lowest BCUT2D eigenvalue weighted by Gasteiger charge is -2.07. The van der Waals surface area contributed by atoms with E-state index in [1.54, 1.807) is 13.0 Å². The van der Waals surface area contributed by atoms with Crippen molar-refractivity contribution < 1.29 is 13.2 Å². The minimum absolute atomic E-state index is 0.0640. The number of amides is 1. The van der Waals surface area contributed by atoms with Crippen LogP contribution in [0.25, 0.3) is 0 Å². The van der Waals surface area contributed by atoms with Gasteiger partial charge in [0.15, 0.2) is 15.8 Å². The van der Waals surface area contributed by atoms with Crippen molar-refractivity contribution in [2.24, 2.45) is 16.5 Å². The predicted octanol–water partition coefficient (Wildman–Crippen LogP) is 0.299. The fraction of sp³-hybridized carbons (Fsp3) is 0.333. The molecule has 1 unspecified atom stereocenters. The Kier molecular flexibility index (Phi) is 3.09. The van der Waals surface area contributed by atoms with Crippen LogP contribution in [0.4, 0.5) is 0 Å². The first-order valence-corrected chi connectivity index (χ1v) is 7.39. The van der Waals surface area contributed by atoms with Gasteiger partial charge in [0.05, 0.1) is 10.6 Å². The van der Waals surface area contributed by atoms with Crippen LogP contribution in [0.1, 0.15) is 34.3 Å². The van der Waals surface area contributed by atoms with Crippen molar-refractivity contribution in [1.82, 2.24) is 0 Å². The van der Waals surface area contributed by atoms with E-state index in [0.29, 0.717) is 5.56 Å². The molecule has 4 N–H and O–H groups in total. The molecule has 1 aromatic carbocycles. The van der Waals surface area contributed by atoms with E-state index in [0.717, 1.165) is 5.56 Å². The number of fused-ring (bicyclic) bond motifs is 1. The highest BCUT2D eigenvalue weighted by atomic mass is 32.2. The van der Waals surface area contributed by atoms with Gasteiger partial charge < -0.3 is 11.5 Å². The van der Waals surface area contributed by atoms with Gasteiger partial charge in [0.1, 0.15) is 0 Å². The minimum Gasteiger partial charge on any atom is -0.370 e. The number of hydrogen-bond donors (Lipinski definition) is 2. The van der Waals surface area contributed by atoms with Gasteiger partial charge in [-0.05, 0) is 30.0 Å². The van der Waals surface area contributed by atoms with Gasteiger partial charge in [0.2, 0.25) is 0 Å². The number of benzene rings is 1. The molecule has 1 aliphatic rings. The maximum atomic E-state index is 12.0. The molecule has 0 bridgehead atoms. The maximum absolute atomic E-state index is 12.0. The summed E-state index contributed by atoms with van der Waals surface area (Å²) in [6.45, 7) is 3.58. The van der Waals surface area contributed by atoms with Gasteiger partial charge in [-0.2, -0.15) is 4.99 Å². The highest BCUT2D eigenvalue weighted by Gasteiger charge is 2.33. The fourth-order valence-corrected chi connectivity index (χ4v) is 4.22. The summed E-state index contributed by atoms with van der Waals surface area (Å²) in [5.41, 5.74) is 11.9. The number of aliphatic imine (C=N–C) groups is 1. The van der Waals surface area contributed by atoms with E-state index in [1.165, 1.54) is 6.07 Å². The molecule has 1 aromatic rings. The van der Waals surface area contributed by atoms with Crippen LogP contribution >= 0.6 is 0 Å². The number of rotatable bonds is 1. The smallest absolute Gasteiger partial charge is 0.280 e. The van der Waals surface area contributed by atoms with Crippen molar-refractivity contribution in [2.75, 3.05) is 5.75 Å². The molecule has 1 atom stereocenters. The quantitative estimate of drug-likeness (QED) is 0.567. The summed E-state index contributed by atoms with van der Waals surface area (Å²) >= 11 is 0. The van der Waals surface area contributed by atoms with Crippen LogP contribution in [0.2, 0.25) is 0 Å². The first-order chi connectivity index (χ1) is 8.72. The zero-order valence-electron chi connectivity index (χ0n) is 10.7. The summed E-state index contributed by atoms with van der Waals surface area (Å²) in [6.07, 6.45) is 0. The van der Waals surface area contributed by atoms with E-state index in [-0.39, 0.29) is 28.1 Å². The Bertz CT molecular complexity index is 688. The number of aryl methyl sites for hydroxylation is 1. The molecule has 0 spiro atoms. The second-order valence-corrected chi connectivity index (χ2v) is 6.73. The third kappa shape index (κ3) is 2.33. The number of carbonyl (C=O) groups excluding carboxylic acids is 1. The standard InChI is InChI=1S/C12H15N3O3S/c1-6-3-8-7(2)5-19(17,18)10(8)4-9(6)11(16)15-12(13)14/h3-4,7H,5H2,1-2H3,(H4,13,14,15,16). The predicted molar refractivity (Wildman–Crippen MR) is 71.8 cm³/mol. The van der Waals surface area contributed by atoms with Crippen molar-refractivity contribution >= 4 is 21.7 Å². The van der Waals surface area contributed by atoms with Crippen LogP contribution in [-0.2, 0) is 9.84 Å². The molecule has 0 fully saturated rings. The Morgan fingerprint density at radius 1 is 1.37 bits per heavy atom. The van der Waals surface area contributed by atoms with Gasteiger partial charge in [-0.15, -0.1) is 0 Å². The van der Waals surface area contributed by atoms with Crippen LogP contribution in [0, 0.1) is 6.92 Å². The number of carbonyl (C=O) groups is 1. The minimum atomic E-state index is -3.32. The summed E-state index contributed by atoms with van der Waals surface area (Å²) in [5, 5.41) is 0. The van der Waals surface area contributed by atoms with Crippen molar-refractivity contribution in [3.63, 3.8) is 0 Å². The molecule has 0 saturated heterocycles. The number of guanidine groups is 1. The first-order valence-electron chi connectivity index (χ1n) is 5.73. The summed E-state index contributed by atoms with van der Waals surface area (Å²) in [7, 11) is -3.32. The molecular weight excluding hydrogens is 266 g/mol. The summed E-state index contributed by atoms with van der Waals surface area (Å²) < 4.78 is 24.0. The van der Waals surface area contributed by atoms with Gasteiger partial charge in [0.25, 0.3) is 5.91 Å². The molecule has 0 aliphatic carbocycles. The Balaban J connectivity index is 2.63. The third-order valence-electron chi connectivity index (χ3n) is 3.15. The number of nitrogens with zero attached hydrogens (tertiary/aromatic N) is 1. The van der Waals surface area contributed by atoms with Gasteiger partial charge in [-0.3, -0.25) is 4.79 Å². The first kappa shape index (κ1) is 13.5. The van der Waals surface area contributed by atoms with Gasteiger partial charge in [0, 0.05) is 5.56 Å². The van der Waals surface area contributed by atoms with E-state index in [4.69, 9.17) is 11.5 Å². The molecule has 0 radical (unpaired) electrons. The largest absolute Gasteiger partial charge is 0.370 e. The van der Waals surface area contributed by atoms with Crippen LogP contribution in [0.5, 0.6) is 0 Å². The molecule has 1 amide bonds. The van der Waals surface area contributed by atoms with E-state index < -0.39 is 15.7 Å². The van der Waals surface area contributed by atoms with Crippen LogP contribution < -0.4 is 11.5 Å². The molecule has 1 aliphatic heterocycles. The average molecular weight is 281 g/mol. The Labute approximate surface area is 111 Å². The van der Waals surface area contributed by atoms with Crippen molar-refractivity contribution in [3.05, 3.63) is 28.8 Å². The zero-order valence-corrected chi connectivity index (χ0v) is 11.5. The molecule has 6 nitrogen and oxygen atoms in total. The van der Waals surface area contributed by atoms with E-state index in [9.17, 15) is 13.2 Å². The molecule has 2 rings (SSSR count). The maximum Gasteiger partial charge on any atom is 0.280 e. The summed E-state index contributed by atoms with van der Waals surface area (Å²) in [6, 6.07) is 3.10. The van der Waals surface area contributed by atoms with Crippen LogP contribution in [0.3, 0.4) is 0 Å². The second-order valence-electron chi connectivity index (χ2n) is 4.73. The van der Waals surface area contributed by atoms with Crippen molar-refractivity contribution in [3.8, 4) is 0 Å². The Morgan fingerprint density at radius 2 is 2.00 bits per heavy atom. The number of nitrogens with two attached hydrogens (primary N) is 2. The number of hydrogen-bond acceptors (Lipinski definition) is 3. The molecule has 102 valence electrons. The normalized spacial score (nSPS) is 19.8. The summed E-state index contributed by atoms with van der Waals surface area (Å²) in [5.74, 6) is -0.969. The van der Waals surface area contributed by atoms with Gasteiger partial charge >= 0.3 is 0 Å².